The zero-order valence-corrected chi connectivity index (χ0v) is 15.3. The van der Waals surface area contributed by atoms with E-state index in [0.717, 1.165) is 15.8 Å². The average molecular weight is 380 g/mol. The molecule has 0 aliphatic heterocycles. The predicted octanol–water partition coefficient (Wildman–Crippen LogP) is 3.91. The zero-order chi connectivity index (χ0) is 18.6. The lowest BCUT2D eigenvalue weighted by atomic mass is 10.1. The van der Waals surface area contributed by atoms with Crippen molar-refractivity contribution < 1.29 is 9.18 Å². The van der Waals surface area contributed by atoms with E-state index in [1.165, 1.54) is 23.5 Å². The molecule has 7 heteroatoms. The molecule has 0 N–H and O–H groups in total. The Kier molecular flexibility index (Phi) is 4.93. The second kappa shape index (κ2) is 7.67. The SMILES string of the molecule is O=C(Cc1ccc(F)cc1)N(CCn1cccn1)c1nc2ccccc2s1. The average Bonchev–Trinajstić information content (AvgIpc) is 3.33. The first-order valence-electron chi connectivity index (χ1n) is 8.57. The van der Waals surface area contributed by atoms with E-state index in [2.05, 4.69) is 10.1 Å². The Morgan fingerprint density at radius 3 is 2.67 bits per heavy atom. The normalized spacial score (nSPS) is 11.0. The topological polar surface area (TPSA) is 51.0 Å². The van der Waals surface area contributed by atoms with E-state index in [1.54, 1.807) is 27.9 Å². The number of thiazole rings is 1. The van der Waals surface area contributed by atoms with Crippen molar-refractivity contribution in [1.29, 1.82) is 0 Å². The van der Waals surface area contributed by atoms with Crippen LogP contribution in [-0.4, -0.2) is 27.2 Å². The lowest BCUT2D eigenvalue weighted by Gasteiger charge is -2.20. The number of amides is 1. The van der Waals surface area contributed by atoms with Gasteiger partial charge in [-0.2, -0.15) is 5.10 Å². The number of hydrogen-bond donors (Lipinski definition) is 0. The third-order valence-electron chi connectivity index (χ3n) is 4.20. The minimum Gasteiger partial charge on any atom is -0.286 e. The largest absolute Gasteiger partial charge is 0.286 e. The Morgan fingerprint density at radius 1 is 1.11 bits per heavy atom. The second-order valence-electron chi connectivity index (χ2n) is 6.08. The summed E-state index contributed by atoms with van der Waals surface area (Å²) in [6.45, 7) is 1.03. The van der Waals surface area contributed by atoms with Gasteiger partial charge in [-0.1, -0.05) is 35.6 Å². The number of nitrogens with zero attached hydrogens (tertiary/aromatic N) is 4. The van der Waals surface area contributed by atoms with Crippen molar-refractivity contribution in [2.75, 3.05) is 11.4 Å². The molecule has 2 heterocycles. The van der Waals surface area contributed by atoms with Crippen molar-refractivity contribution in [2.24, 2.45) is 0 Å². The van der Waals surface area contributed by atoms with Crippen LogP contribution in [0.25, 0.3) is 10.2 Å². The van der Waals surface area contributed by atoms with Crippen LogP contribution in [0.2, 0.25) is 0 Å². The molecule has 4 rings (SSSR count). The summed E-state index contributed by atoms with van der Waals surface area (Å²) < 4.78 is 15.9. The maximum absolute atomic E-state index is 13.1. The van der Waals surface area contributed by atoms with Crippen LogP contribution in [0, 0.1) is 5.82 Å². The number of hydrogen-bond acceptors (Lipinski definition) is 4. The summed E-state index contributed by atoms with van der Waals surface area (Å²) in [5.74, 6) is -0.388. The van der Waals surface area contributed by atoms with Crippen molar-refractivity contribution in [1.82, 2.24) is 14.8 Å². The molecule has 0 radical (unpaired) electrons. The smallest absolute Gasteiger partial charge is 0.233 e. The van der Waals surface area contributed by atoms with Crippen molar-refractivity contribution in [3.63, 3.8) is 0 Å². The summed E-state index contributed by atoms with van der Waals surface area (Å²) in [7, 11) is 0. The number of anilines is 1. The van der Waals surface area contributed by atoms with Gasteiger partial charge in [-0.25, -0.2) is 9.37 Å². The fourth-order valence-corrected chi connectivity index (χ4v) is 3.82. The first kappa shape index (κ1) is 17.4. The molecular weight excluding hydrogens is 363 g/mol. The minimum absolute atomic E-state index is 0.0761. The number of rotatable bonds is 6. The van der Waals surface area contributed by atoms with Crippen LogP contribution in [0.1, 0.15) is 5.56 Å². The van der Waals surface area contributed by atoms with E-state index in [4.69, 9.17) is 0 Å². The van der Waals surface area contributed by atoms with Crippen molar-refractivity contribution in [3.8, 4) is 0 Å². The van der Waals surface area contributed by atoms with E-state index >= 15 is 0 Å². The number of halogens is 1. The summed E-state index contributed by atoms with van der Waals surface area (Å²) >= 11 is 1.49. The van der Waals surface area contributed by atoms with Gasteiger partial charge in [0, 0.05) is 18.9 Å². The number of benzene rings is 2. The van der Waals surface area contributed by atoms with Gasteiger partial charge >= 0.3 is 0 Å². The Labute approximate surface area is 159 Å². The third-order valence-corrected chi connectivity index (χ3v) is 5.25. The molecule has 0 bridgehead atoms. The Balaban J connectivity index is 1.59. The molecule has 0 spiro atoms. The van der Waals surface area contributed by atoms with Gasteiger partial charge < -0.3 is 0 Å². The van der Waals surface area contributed by atoms with E-state index in [-0.39, 0.29) is 18.1 Å². The molecule has 0 aliphatic rings. The number of para-hydroxylation sites is 1. The monoisotopic (exact) mass is 380 g/mol. The van der Waals surface area contributed by atoms with Crippen LogP contribution in [0.3, 0.4) is 0 Å². The molecule has 0 saturated heterocycles. The molecule has 27 heavy (non-hydrogen) atoms. The standard InChI is InChI=1S/C20H17FN4OS/c21-16-8-6-15(7-9-16)14-19(26)25(13-12-24-11-3-10-22-24)20-23-17-4-1-2-5-18(17)27-20/h1-11H,12-14H2. The van der Waals surface area contributed by atoms with Gasteiger partial charge in [0.15, 0.2) is 5.13 Å². The fourth-order valence-electron chi connectivity index (χ4n) is 2.81. The highest BCUT2D eigenvalue weighted by molar-refractivity contribution is 7.22. The van der Waals surface area contributed by atoms with Gasteiger partial charge in [-0.3, -0.25) is 14.4 Å². The molecule has 0 saturated carbocycles. The van der Waals surface area contributed by atoms with Crippen LogP contribution in [0.15, 0.2) is 67.0 Å². The van der Waals surface area contributed by atoms with Crippen LogP contribution in [0.4, 0.5) is 9.52 Å². The molecule has 2 aromatic carbocycles. The van der Waals surface area contributed by atoms with Gasteiger partial charge in [0.05, 0.1) is 23.2 Å². The first-order valence-corrected chi connectivity index (χ1v) is 9.38. The van der Waals surface area contributed by atoms with Crippen LogP contribution in [0.5, 0.6) is 0 Å². The van der Waals surface area contributed by atoms with E-state index in [1.807, 2.05) is 36.5 Å². The molecule has 5 nitrogen and oxygen atoms in total. The van der Waals surface area contributed by atoms with Crippen molar-refractivity contribution >= 4 is 32.6 Å². The fraction of sp³-hybridized carbons (Fsp3) is 0.150. The van der Waals surface area contributed by atoms with Gasteiger partial charge in [0.1, 0.15) is 5.82 Å². The minimum atomic E-state index is -0.312. The highest BCUT2D eigenvalue weighted by atomic mass is 32.1. The number of aromatic nitrogens is 3. The van der Waals surface area contributed by atoms with E-state index in [0.29, 0.717) is 18.2 Å². The lowest BCUT2D eigenvalue weighted by Crippen LogP contribution is -2.35. The Hall–Kier alpha value is -3.06. The Bertz CT molecular complexity index is 1010. The molecule has 0 atom stereocenters. The van der Waals surface area contributed by atoms with Gasteiger partial charge in [-0.15, -0.1) is 0 Å². The lowest BCUT2D eigenvalue weighted by molar-refractivity contribution is -0.118. The molecule has 4 aromatic rings. The maximum atomic E-state index is 13.1. The molecule has 0 aliphatic carbocycles. The highest BCUT2D eigenvalue weighted by Gasteiger charge is 2.20. The number of carbonyl (C=O) groups is 1. The van der Waals surface area contributed by atoms with Crippen LogP contribution < -0.4 is 4.90 Å². The Morgan fingerprint density at radius 2 is 1.93 bits per heavy atom. The molecular formula is C20H17FN4OS. The molecule has 2 aromatic heterocycles. The van der Waals surface area contributed by atoms with E-state index in [9.17, 15) is 9.18 Å². The maximum Gasteiger partial charge on any atom is 0.233 e. The molecule has 0 unspecified atom stereocenters. The van der Waals surface area contributed by atoms with Crippen LogP contribution >= 0.6 is 11.3 Å². The summed E-state index contributed by atoms with van der Waals surface area (Å²) in [4.78, 5) is 19.3. The number of fused-ring (bicyclic) bond motifs is 1. The summed E-state index contributed by atoms with van der Waals surface area (Å²) in [5, 5.41) is 4.86. The zero-order valence-electron chi connectivity index (χ0n) is 14.5. The summed E-state index contributed by atoms with van der Waals surface area (Å²) in [5.41, 5.74) is 1.64. The third kappa shape index (κ3) is 4.03. The van der Waals surface area contributed by atoms with Crippen LogP contribution in [-0.2, 0) is 17.8 Å². The predicted molar refractivity (Wildman–Crippen MR) is 104 cm³/mol. The quantitative estimate of drug-likeness (QED) is 0.510. The van der Waals surface area contributed by atoms with Gasteiger partial charge in [-0.05, 0) is 35.9 Å². The second-order valence-corrected chi connectivity index (χ2v) is 7.09. The molecule has 136 valence electrons. The van der Waals surface area contributed by atoms with E-state index < -0.39 is 0 Å². The summed E-state index contributed by atoms with van der Waals surface area (Å²) in [6, 6.07) is 15.7. The van der Waals surface area contributed by atoms with Crippen molar-refractivity contribution in [2.45, 2.75) is 13.0 Å². The molecule has 1 amide bonds. The molecule has 0 fully saturated rings. The highest BCUT2D eigenvalue weighted by Crippen LogP contribution is 2.29. The summed E-state index contributed by atoms with van der Waals surface area (Å²) in [6.07, 6.45) is 3.76. The van der Waals surface area contributed by atoms with Crippen molar-refractivity contribution in [3.05, 3.63) is 78.4 Å². The first-order chi connectivity index (χ1) is 13.2. The van der Waals surface area contributed by atoms with Gasteiger partial charge in [0.2, 0.25) is 5.91 Å². The number of carbonyl (C=O) groups excluding carboxylic acids is 1. The van der Waals surface area contributed by atoms with Gasteiger partial charge in [0.25, 0.3) is 0 Å².